The molecule has 0 saturated carbocycles. The Kier molecular flexibility index (Phi) is 7.74. The minimum absolute atomic E-state index is 0.346. The number of hydrogen-bond donors (Lipinski definition) is 2. The molecule has 0 bridgehead atoms. The Labute approximate surface area is 214 Å². The summed E-state index contributed by atoms with van der Waals surface area (Å²) in [5, 5.41) is 10.4. The van der Waals surface area contributed by atoms with Gasteiger partial charge in [-0.3, -0.25) is 4.79 Å². The van der Waals surface area contributed by atoms with E-state index in [-0.39, 0.29) is 0 Å². The number of ether oxygens (including phenoxy) is 2. The summed E-state index contributed by atoms with van der Waals surface area (Å²) in [6.07, 6.45) is 0. The molecule has 0 aliphatic heterocycles. The molecular weight excluding hydrogens is 468 g/mol. The van der Waals surface area contributed by atoms with Crippen molar-refractivity contribution in [2.45, 2.75) is 20.4 Å². The van der Waals surface area contributed by atoms with Crippen LogP contribution in [0.5, 0.6) is 17.2 Å². The Morgan fingerprint density at radius 1 is 0.811 bits per heavy atom. The lowest BCUT2D eigenvalue weighted by molar-refractivity contribution is -0.139. The third-order valence-electron chi connectivity index (χ3n) is 5.71. The molecular formula is C30H28N2O5. The number of fused-ring (bicyclic) bond motifs is 3. The fourth-order valence-corrected chi connectivity index (χ4v) is 4.30. The number of benzene rings is 4. The van der Waals surface area contributed by atoms with E-state index in [0.717, 1.165) is 22.3 Å². The molecule has 0 aliphatic rings. The number of carbonyl (C=O) groups is 2. The van der Waals surface area contributed by atoms with Gasteiger partial charge < -0.3 is 24.9 Å². The molecule has 1 amide bonds. The first-order chi connectivity index (χ1) is 18.0. The molecule has 37 heavy (non-hydrogen) atoms. The average Bonchev–Trinajstić information content (AvgIpc) is 3.23. The van der Waals surface area contributed by atoms with Crippen LogP contribution in [0.25, 0.3) is 21.8 Å². The zero-order valence-corrected chi connectivity index (χ0v) is 20.7. The van der Waals surface area contributed by atoms with Crippen molar-refractivity contribution in [1.82, 2.24) is 4.57 Å². The molecule has 7 heteroatoms. The number of aromatic nitrogens is 1. The molecule has 5 aromatic rings. The highest BCUT2D eigenvalue weighted by molar-refractivity contribution is 6.19. The quantitative estimate of drug-likeness (QED) is 0.265. The molecule has 3 N–H and O–H groups in total. The third kappa shape index (κ3) is 5.41. The zero-order chi connectivity index (χ0) is 26.4. The van der Waals surface area contributed by atoms with Gasteiger partial charge in [0.25, 0.3) is 0 Å². The van der Waals surface area contributed by atoms with E-state index in [9.17, 15) is 9.59 Å². The minimum Gasteiger partial charge on any atom is -0.481 e. The van der Waals surface area contributed by atoms with Crippen LogP contribution in [0.3, 0.4) is 0 Å². The summed E-state index contributed by atoms with van der Waals surface area (Å²) in [4.78, 5) is 23.4. The molecule has 1 aromatic heterocycles. The Bertz CT molecular complexity index is 1560. The molecule has 0 aliphatic carbocycles. The first-order valence-corrected chi connectivity index (χ1v) is 12.0. The molecule has 0 unspecified atom stereocenters. The lowest BCUT2D eigenvalue weighted by atomic mass is 10.1. The van der Waals surface area contributed by atoms with Gasteiger partial charge in [0.2, 0.25) is 5.91 Å². The van der Waals surface area contributed by atoms with Crippen LogP contribution >= 0.6 is 0 Å². The van der Waals surface area contributed by atoms with E-state index in [1.165, 1.54) is 0 Å². The van der Waals surface area contributed by atoms with E-state index in [1.54, 1.807) is 24.3 Å². The van der Waals surface area contributed by atoms with Gasteiger partial charge in [-0.15, -0.1) is 0 Å². The standard InChI is InChI=1S/C28H22N2O5.C2H6/c29-28(33)21-11-5-12-22-26(21)27-23(13-6-14-24(27)34-17-25(31)32)30(22)16-18-7-4-10-20(15-18)35-19-8-2-1-3-9-19;1-2/h1-15H,16-17H2,(H2,29,33)(H,31,32);1-2H3. The van der Waals surface area contributed by atoms with E-state index in [2.05, 4.69) is 4.57 Å². The molecule has 5 rings (SSSR count). The van der Waals surface area contributed by atoms with Crippen molar-refractivity contribution < 1.29 is 24.2 Å². The summed E-state index contributed by atoms with van der Waals surface area (Å²) < 4.78 is 13.6. The number of carboxylic acid groups (broad SMARTS) is 1. The summed E-state index contributed by atoms with van der Waals surface area (Å²) in [5.74, 6) is 0.172. The number of para-hydroxylation sites is 1. The number of carboxylic acids is 1. The SMILES string of the molecule is CC.NC(=O)c1cccc2c1c1c(OCC(=O)O)cccc1n2Cc1cccc(Oc2ccccc2)c1. The van der Waals surface area contributed by atoms with Gasteiger partial charge in [0.05, 0.1) is 16.4 Å². The first kappa shape index (κ1) is 25.3. The number of carbonyl (C=O) groups excluding carboxylic acids is 1. The van der Waals surface area contributed by atoms with Gasteiger partial charge in [0.15, 0.2) is 6.61 Å². The van der Waals surface area contributed by atoms with Crippen LogP contribution in [-0.2, 0) is 11.3 Å². The van der Waals surface area contributed by atoms with Crippen molar-refractivity contribution in [2.75, 3.05) is 6.61 Å². The number of rotatable bonds is 8. The number of primary amides is 1. The predicted molar refractivity (Wildman–Crippen MR) is 145 cm³/mol. The summed E-state index contributed by atoms with van der Waals surface area (Å²) in [6, 6.07) is 28.1. The van der Waals surface area contributed by atoms with E-state index in [4.69, 9.17) is 20.3 Å². The molecule has 0 radical (unpaired) electrons. The number of aliphatic carboxylic acids is 1. The maximum Gasteiger partial charge on any atom is 0.341 e. The van der Waals surface area contributed by atoms with Crippen LogP contribution in [-0.4, -0.2) is 28.2 Å². The maximum atomic E-state index is 12.3. The summed E-state index contributed by atoms with van der Waals surface area (Å²) in [6.45, 7) is 3.99. The minimum atomic E-state index is -1.09. The van der Waals surface area contributed by atoms with Crippen molar-refractivity contribution in [3.63, 3.8) is 0 Å². The number of hydrogen-bond acceptors (Lipinski definition) is 4. The van der Waals surface area contributed by atoms with Crippen LogP contribution in [0.1, 0.15) is 29.8 Å². The fraction of sp³-hybridized carbons (Fsp3) is 0.133. The molecule has 7 nitrogen and oxygen atoms in total. The summed E-state index contributed by atoms with van der Waals surface area (Å²) in [5.41, 5.74) is 8.62. The fourth-order valence-electron chi connectivity index (χ4n) is 4.30. The van der Waals surface area contributed by atoms with E-state index < -0.39 is 18.5 Å². The summed E-state index contributed by atoms with van der Waals surface area (Å²) in [7, 11) is 0. The van der Waals surface area contributed by atoms with Crippen LogP contribution in [0.4, 0.5) is 0 Å². The number of nitrogens with zero attached hydrogens (tertiary/aromatic N) is 1. The van der Waals surface area contributed by atoms with Crippen LogP contribution in [0.15, 0.2) is 91.0 Å². The van der Waals surface area contributed by atoms with Gasteiger partial charge in [-0.2, -0.15) is 0 Å². The van der Waals surface area contributed by atoms with Crippen molar-refractivity contribution in [3.8, 4) is 17.2 Å². The Morgan fingerprint density at radius 2 is 1.46 bits per heavy atom. The normalized spacial score (nSPS) is 10.5. The lowest BCUT2D eigenvalue weighted by Gasteiger charge is -2.11. The Hall–Kier alpha value is -4.78. The number of nitrogens with two attached hydrogens (primary N) is 1. The van der Waals surface area contributed by atoms with Crippen molar-refractivity contribution in [2.24, 2.45) is 5.73 Å². The van der Waals surface area contributed by atoms with Gasteiger partial charge in [0, 0.05) is 17.5 Å². The smallest absolute Gasteiger partial charge is 0.341 e. The molecule has 0 spiro atoms. The summed E-state index contributed by atoms with van der Waals surface area (Å²) >= 11 is 0. The molecule has 0 fully saturated rings. The van der Waals surface area contributed by atoms with Crippen molar-refractivity contribution >= 4 is 33.7 Å². The number of amides is 1. The van der Waals surface area contributed by atoms with E-state index >= 15 is 0 Å². The predicted octanol–water partition coefficient (Wildman–Crippen LogP) is 6.22. The van der Waals surface area contributed by atoms with Gasteiger partial charge in [-0.05, 0) is 54.1 Å². The topological polar surface area (TPSA) is 104 Å². The van der Waals surface area contributed by atoms with Crippen LogP contribution < -0.4 is 15.2 Å². The molecule has 4 aromatic carbocycles. The largest absolute Gasteiger partial charge is 0.481 e. The maximum absolute atomic E-state index is 12.3. The Balaban J connectivity index is 0.00000156. The lowest BCUT2D eigenvalue weighted by Crippen LogP contribution is -2.11. The van der Waals surface area contributed by atoms with Crippen molar-refractivity contribution in [1.29, 1.82) is 0 Å². The zero-order valence-electron chi connectivity index (χ0n) is 20.7. The van der Waals surface area contributed by atoms with Gasteiger partial charge >= 0.3 is 5.97 Å². The highest BCUT2D eigenvalue weighted by atomic mass is 16.5. The second-order valence-electron chi connectivity index (χ2n) is 8.05. The van der Waals surface area contributed by atoms with Gasteiger partial charge in [-0.1, -0.05) is 56.3 Å². The third-order valence-corrected chi connectivity index (χ3v) is 5.71. The Morgan fingerprint density at radius 3 is 2.16 bits per heavy atom. The van der Waals surface area contributed by atoms with E-state index in [1.807, 2.05) is 80.6 Å². The van der Waals surface area contributed by atoms with Gasteiger partial charge in [-0.25, -0.2) is 4.79 Å². The first-order valence-electron chi connectivity index (χ1n) is 12.0. The molecule has 1 heterocycles. The highest BCUT2D eigenvalue weighted by Crippen LogP contribution is 2.38. The monoisotopic (exact) mass is 496 g/mol. The second kappa shape index (κ2) is 11.3. The average molecular weight is 497 g/mol. The second-order valence-corrected chi connectivity index (χ2v) is 8.05. The highest BCUT2D eigenvalue weighted by Gasteiger charge is 2.20. The van der Waals surface area contributed by atoms with E-state index in [0.29, 0.717) is 34.4 Å². The molecule has 0 atom stereocenters. The molecule has 0 saturated heterocycles. The van der Waals surface area contributed by atoms with Crippen LogP contribution in [0.2, 0.25) is 0 Å². The van der Waals surface area contributed by atoms with Gasteiger partial charge in [0.1, 0.15) is 17.2 Å². The van der Waals surface area contributed by atoms with Crippen molar-refractivity contribution in [3.05, 3.63) is 102 Å². The molecule has 188 valence electrons. The van der Waals surface area contributed by atoms with Crippen LogP contribution in [0, 0.1) is 0 Å².